The molecule has 7 heteroatoms. The lowest BCUT2D eigenvalue weighted by atomic mass is 10.3. The number of urea groups is 1. The number of carbonyl (C=O) groups is 1. The molecule has 4 nitrogen and oxygen atoms in total. The third-order valence-electron chi connectivity index (χ3n) is 1.80. The van der Waals surface area contributed by atoms with Crippen molar-refractivity contribution in [3.05, 3.63) is 39.8 Å². The number of benzene rings is 1. The quantitative estimate of drug-likeness (QED) is 0.874. The summed E-state index contributed by atoms with van der Waals surface area (Å²) < 4.78 is 0.520. The van der Waals surface area contributed by atoms with Crippen molar-refractivity contribution >= 4 is 51.4 Å². The van der Waals surface area contributed by atoms with Gasteiger partial charge < -0.3 is 5.32 Å². The number of hydrogen-bond acceptors (Lipinski definition) is 3. The molecule has 0 aliphatic heterocycles. The molecule has 0 spiro atoms. The molecule has 0 unspecified atom stereocenters. The van der Waals surface area contributed by atoms with Crippen LogP contribution >= 0.6 is 34.5 Å². The summed E-state index contributed by atoms with van der Waals surface area (Å²) in [7, 11) is 0. The average Bonchev–Trinajstić information content (AvgIpc) is 2.67. The minimum absolute atomic E-state index is 0.377. The van der Waals surface area contributed by atoms with Gasteiger partial charge in [-0.2, -0.15) is 0 Å². The van der Waals surface area contributed by atoms with Crippen molar-refractivity contribution in [1.82, 2.24) is 4.98 Å². The molecule has 2 N–H and O–H groups in total. The van der Waals surface area contributed by atoms with Gasteiger partial charge >= 0.3 is 6.03 Å². The Morgan fingerprint density at radius 2 is 1.88 bits per heavy atom. The van der Waals surface area contributed by atoms with E-state index in [9.17, 15) is 4.79 Å². The van der Waals surface area contributed by atoms with Crippen LogP contribution in [0.15, 0.2) is 30.5 Å². The van der Waals surface area contributed by atoms with Crippen molar-refractivity contribution in [3.8, 4) is 0 Å². The first kappa shape index (κ1) is 12.2. The van der Waals surface area contributed by atoms with Crippen LogP contribution in [0.2, 0.25) is 9.36 Å². The maximum atomic E-state index is 11.5. The van der Waals surface area contributed by atoms with Crippen LogP contribution in [0.1, 0.15) is 0 Å². The first-order chi connectivity index (χ1) is 8.13. The molecule has 2 aromatic rings. The van der Waals surface area contributed by atoms with Gasteiger partial charge in [0.15, 0.2) is 5.13 Å². The first-order valence-electron chi connectivity index (χ1n) is 4.58. The SMILES string of the molecule is O=C(Nc1ccc(Cl)cc1)Nc1ncc(Cl)s1. The van der Waals surface area contributed by atoms with Crippen molar-refractivity contribution in [2.45, 2.75) is 0 Å². The Hall–Kier alpha value is -1.30. The number of halogens is 2. The van der Waals surface area contributed by atoms with Crippen LogP contribution in [0, 0.1) is 0 Å². The third kappa shape index (κ3) is 3.59. The van der Waals surface area contributed by atoms with Crippen LogP contribution < -0.4 is 10.6 Å². The Morgan fingerprint density at radius 3 is 2.47 bits per heavy atom. The number of nitrogens with one attached hydrogen (secondary N) is 2. The lowest BCUT2D eigenvalue weighted by Gasteiger charge is -2.04. The Kier molecular flexibility index (Phi) is 3.83. The molecule has 2 rings (SSSR count). The number of anilines is 2. The lowest BCUT2D eigenvalue weighted by Crippen LogP contribution is -2.19. The molecule has 1 aromatic carbocycles. The topological polar surface area (TPSA) is 54.0 Å². The van der Waals surface area contributed by atoms with Crippen LogP contribution in [0.3, 0.4) is 0 Å². The summed E-state index contributed by atoms with van der Waals surface area (Å²) in [6, 6.07) is 6.42. The van der Waals surface area contributed by atoms with E-state index in [1.54, 1.807) is 24.3 Å². The molecule has 2 amide bonds. The molecule has 0 saturated heterocycles. The van der Waals surface area contributed by atoms with Gasteiger partial charge in [-0.15, -0.1) is 0 Å². The summed E-state index contributed by atoms with van der Waals surface area (Å²) in [5, 5.41) is 6.27. The monoisotopic (exact) mass is 287 g/mol. The van der Waals surface area contributed by atoms with Gasteiger partial charge in [-0.05, 0) is 24.3 Å². The van der Waals surface area contributed by atoms with Crippen molar-refractivity contribution in [2.24, 2.45) is 0 Å². The van der Waals surface area contributed by atoms with Gasteiger partial charge in [-0.3, -0.25) is 5.32 Å². The van der Waals surface area contributed by atoms with Gasteiger partial charge in [0.2, 0.25) is 0 Å². The zero-order chi connectivity index (χ0) is 12.3. The van der Waals surface area contributed by atoms with Gasteiger partial charge in [-0.1, -0.05) is 34.5 Å². The summed E-state index contributed by atoms with van der Waals surface area (Å²) in [6.45, 7) is 0. The summed E-state index contributed by atoms with van der Waals surface area (Å²) in [5.74, 6) is 0. The second-order valence-electron chi connectivity index (χ2n) is 3.06. The molecule has 0 atom stereocenters. The lowest BCUT2D eigenvalue weighted by molar-refractivity contribution is 0.262. The minimum Gasteiger partial charge on any atom is -0.308 e. The number of nitrogens with zero attached hydrogens (tertiary/aromatic N) is 1. The Morgan fingerprint density at radius 1 is 1.18 bits per heavy atom. The van der Waals surface area contributed by atoms with Crippen LogP contribution in [0.5, 0.6) is 0 Å². The van der Waals surface area contributed by atoms with E-state index in [-0.39, 0.29) is 6.03 Å². The van der Waals surface area contributed by atoms with Crippen molar-refractivity contribution < 1.29 is 4.79 Å². The van der Waals surface area contributed by atoms with Gasteiger partial charge in [0.05, 0.1) is 6.20 Å². The number of hydrogen-bond donors (Lipinski definition) is 2. The second kappa shape index (κ2) is 5.35. The standard InChI is InChI=1S/C10H7Cl2N3OS/c11-6-1-3-7(4-2-6)14-9(16)15-10-13-5-8(12)17-10/h1-5H,(H2,13,14,15,16). The molecule has 0 aliphatic rings. The molecule has 0 saturated carbocycles. The molecular weight excluding hydrogens is 281 g/mol. The smallest absolute Gasteiger partial charge is 0.308 e. The molecule has 0 bridgehead atoms. The molecular formula is C10H7Cl2N3OS. The number of rotatable bonds is 2. The van der Waals surface area contributed by atoms with Gasteiger partial charge in [0.25, 0.3) is 0 Å². The summed E-state index contributed by atoms with van der Waals surface area (Å²) in [4.78, 5) is 15.4. The highest BCUT2D eigenvalue weighted by molar-refractivity contribution is 7.19. The number of amides is 2. The van der Waals surface area contributed by atoms with E-state index in [0.717, 1.165) is 0 Å². The normalized spacial score (nSPS) is 10.0. The average molecular weight is 288 g/mol. The Balaban J connectivity index is 1.95. The highest BCUT2D eigenvalue weighted by atomic mass is 35.5. The molecule has 88 valence electrons. The van der Waals surface area contributed by atoms with Gasteiger partial charge in [-0.25, -0.2) is 9.78 Å². The largest absolute Gasteiger partial charge is 0.325 e. The predicted octanol–water partition coefficient (Wildman–Crippen LogP) is 4.09. The number of thiazole rings is 1. The van der Waals surface area contributed by atoms with E-state index in [2.05, 4.69) is 15.6 Å². The zero-order valence-electron chi connectivity index (χ0n) is 8.41. The summed E-state index contributed by atoms with van der Waals surface area (Å²) in [5.41, 5.74) is 0.648. The van der Waals surface area contributed by atoms with E-state index in [1.807, 2.05) is 0 Å². The van der Waals surface area contributed by atoms with Crippen molar-refractivity contribution in [1.29, 1.82) is 0 Å². The third-order valence-corrected chi connectivity index (χ3v) is 3.08. The summed E-state index contributed by atoms with van der Waals surface area (Å²) >= 11 is 12.6. The molecule has 0 fully saturated rings. The van der Waals surface area contributed by atoms with E-state index in [0.29, 0.717) is 20.2 Å². The first-order valence-corrected chi connectivity index (χ1v) is 6.15. The van der Waals surface area contributed by atoms with Crippen LogP contribution in [0.4, 0.5) is 15.6 Å². The van der Waals surface area contributed by atoms with Crippen molar-refractivity contribution in [2.75, 3.05) is 10.6 Å². The van der Waals surface area contributed by atoms with Gasteiger partial charge in [0.1, 0.15) is 4.34 Å². The van der Waals surface area contributed by atoms with Crippen LogP contribution in [-0.4, -0.2) is 11.0 Å². The van der Waals surface area contributed by atoms with Crippen molar-refractivity contribution in [3.63, 3.8) is 0 Å². The highest BCUT2D eigenvalue weighted by Gasteiger charge is 2.05. The van der Waals surface area contributed by atoms with E-state index < -0.39 is 0 Å². The Labute approximate surface area is 112 Å². The number of carbonyl (C=O) groups excluding carboxylic acids is 1. The predicted molar refractivity (Wildman–Crippen MR) is 71.2 cm³/mol. The molecule has 0 radical (unpaired) electrons. The summed E-state index contributed by atoms with van der Waals surface area (Å²) in [6.07, 6.45) is 1.48. The maximum Gasteiger partial charge on any atom is 0.325 e. The van der Waals surface area contributed by atoms with Gasteiger partial charge in [0, 0.05) is 10.7 Å². The van der Waals surface area contributed by atoms with E-state index >= 15 is 0 Å². The minimum atomic E-state index is -0.377. The molecule has 17 heavy (non-hydrogen) atoms. The zero-order valence-corrected chi connectivity index (χ0v) is 10.7. The fourth-order valence-electron chi connectivity index (χ4n) is 1.10. The van der Waals surface area contributed by atoms with E-state index in [4.69, 9.17) is 23.2 Å². The maximum absolute atomic E-state index is 11.5. The number of aromatic nitrogens is 1. The second-order valence-corrected chi connectivity index (χ2v) is 5.15. The fraction of sp³-hybridized carbons (Fsp3) is 0. The fourth-order valence-corrected chi connectivity index (χ4v) is 2.04. The molecule has 0 aliphatic carbocycles. The van der Waals surface area contributed by atoms with Crippen LogP contribution in [0.25, 0.3) is 0 Å². The molecule has 1 heterocycles. The highest BCUT2D eigenvalue weighted by Crippen LogP contribution is 2.22. The van der Waals surface area contributed by atoms with Crippen LogP contribution in [-0.2, 0) is 0 Å². The Bertz CT molecular complexity index is 527. The molecule has 1 aromatic heterocycles. The van der Waals surface area contributed by atoms with E-state index in [1.165, 1.54) is 17.5 Å².